The summed E-state index contributed by atoms with van der Waals surface area (Å²) in [5.41, 5.74) is 0.708. The molecule has 0 radical (unpaired) electrons. The van der Waals surface area contributed by atoms with E-state index in [0.29, 0.717) is 16.5 Å². The second-order valence-electron chi connectivity index (χ2n) is 3.59. The van der Waals surface area contributed by atoms with Gasteiger partial charge in [0.15, 0.2) is 0 Å². The first kappa shape index (κ1) is 15.0. The number of hydrogen-bond donors (Lipinski definition) is 3. The smallest absolute Gasteiger partial charge is 0.315 e. The van der Waals surface area contributed by atoms with E-state index in [1.165, 1.54) is 13.3 Å². The summed E-state index contributed by atoms with van der Waals surface area (Å²) in [7, 11) is 1.46. The minimum atomic E-state index is -0.966. The second-order valence-corrected chi connectivity index (χ2v) is 4.00. The van der Waals surface area contributed by atoms with Crippen molar-refractivity contribution in [1.82, 2.24) is 15.6 Å². The van der Waals surface area contributed by atoms with Gasteiger partial charge in [-0.15, -0.1) is 0 Å². The molecule has 0 spiro atoms. The number of ether oxygens (including phenoxy) is 1. The molecule has 0 aromatic carbocycles. The number of aliphatic carboxylic acids is 1. The lowest BCUT2D eigenvalue weighted by Crippen LogP contribution is -2.36. The highest BCUT2D eigenvalue weighted by Crippen LogP contribution is 2.21. The minimum absolute atomic E-state index is 0.0722. The number of urea groups is 1. The van der Waals surface area contributed by atoms with E-state index in [1.54, 1.807) is 6.07 Å². The lowest BCUT2D eigenvalue weighted by atomic mass is 10.3. The van der Waals surface area contributed by atoms with Gasteiger partial charge in [0.05, 0.1) is 13.5 Å². The molecule has 0 saturated carbocycles. The van der Waals surface area contributed by atoms with Crippen molar-refractivity contribution in [1.29, 1.82) is 0 Å². The van der Waals surface area contributed by atoms with Crippen molar-refractivity contribution in [3.63, 3.8) is 0 Å². The van der Waals surface area contributed by atoms with E-state index in [0.717, 1.165) is 0 Å². The minimum Gasteiger partial charge on any atom is -0.481 e. The highest BCUT2D eigenvalue weighted by atomic mass is 35.5. The standard InChI is InChI=1S/C11H14ClN3O4/c1-19-10-8(12)4-7(5-14-10)6-15-11(18)13-3-2-9(16)17/h4-5H,2-3,6H2,1H3,(H,16,17)(H2,13,15,18). The lowest BCUT2D eigenvalue weighted by Gasteiger charge is -2.08. The van der Waals surface area contributed by atoms with Crippen molar-refractivity contribution in [3.8, 4) is 5.88 Å². The third-order valence-electron chi connectivity index (χ3n) is 2.13. The quantitative estimate of drug-likeness (QED) is 0.725. The first-order chi connectivity index (χ1) is 9.02. The molecule has 8 heteroatoms. The van der Waals surface area contributed by atoms with Crippen LogP contribution < -0.4 is 15.4 Å². The Morgan fingerprint density at radius 3 is 2.79 bits per heavy atom. The van der Waals surface area contributed by atoms with Gasteiger partial charge in [0.1, 0.15) is 5.02 Å². The molecule has 19 heavy (non-hydrogen) atoms. The number of halogens is 1. The molecule has 1 rings (SSSR count). The monoisotopic (exact) mass is 287 g/mol. The average molecular weight is 288 g/mol. The molecule has 0 atom stereocenters. The van der Waals surface area contributed by atoms with Crippen LogP contribution in [0.4, 0.5) is 4.79 Å². The molecule has 0 bridgehead atoms. The molecule has 2 amide bonds. The van der Waals surface area contributed by atoms with E-state index in [1.807, 2.05) is 0 Å². The number of carbonyl (C=O) groups excluding carboxylic acids is 1. The Morgan fingerprint density at radius 2 is 2.21 bits per heavy atom. The average Bonchev–Trinajstić information content (AvgIpc) is 2.36. The summed E-state index contributed by atoms with van der Waals surface area (Å²) >= 11 is 5.88. The highest BCUT2D eigenvalue weighted by Gasteiger charge is 2.05. The van der Waals surface area contributed by atoms with Crippen molar-refractivity contribution in [2.45, 2.75) is 13.0 Å². The predicted octanol–water partition coefficient (Wildman–Crippen LogP) is 1.02. The molecular weight excluding hydrogens is 274 g/mol. The van der Waals surface area contributed by atoms with E-state index in [2.05, 4.69) is 15.6 Å². The molecule has 0 fully saturated rings. The molecule has 104 valence electrons. The number of amides is 2. The number of nitrogens with zero attached hydrogens (tertiary/aromatic N) is 1. The molecule has 0 aliphatic rings. The number of aromatic nitrogens is 1. The van der Waals surface area contributed by atoms with Gasteiger partial charge in [0.25, 0.3) is 0 Å². The third-order valence-corrected chi connectivity index (χ3v) is 2.41. The van der Waals surface area contributed by atoms with E-state index >= 15 is 0 Å². The van der Waals surface area contributed by atoms with E-state index < -0.39 is 12.0 Å². The van der Waals surface area contributed by atoms with Crippen molar-refractivity contribution in [3.05, 3.63) is 22.8 Å². The highest BCUT2D eigenvalue weighted by molar-refractivity contribution is 6.31. The van der Waals surface area contributed by atoms with Crippen LogP contribution in [-0.2, 0) is 11.3 Å². The number of carboxylic acid groups (broad SMARTS) is 1. The van der Waals surface area contributed by atoms with Crippen LogP contribution in [0.3, 0.4) is 0 Å². The Morgan fingerprint density at radius 1 is 1.47 bits per heavy atom. The van der Waals surface area contributed by atoms with Gasteiger partial charge in [-0.05, 0) is 11.6 Å². The summed E-state index contributed by atoms with van der Waals surface area (Å²) in [5, 5.41) is 13.7. The van der Waals surface area contributed by atoms with Crippen LogP contribution in [0.2, 0.25) is 5.02 Å². The van der Waals surface area contributed by atoms with Crippen molar-refractivity contribution in [2.75, 3.05) is 13.7 Å². The van der Waals surface area contributed by atoms with Crippen LogP contribution >= 0.6 is 11.6 Å². The molecule has 1 aromatic rings. The van der Waals surface area contributed by atoms with Gasteiger partial charge in [-0.2, -0.15) is 0 Å². The van der Waals surface area contributed by atoms with Crippen LogP contribution in [0.25, 0.3) is 0 Å². The molecule has 0 saturated heterocycles. The maximum atomic E-state index is 11.3. The Balaban J connectivity index is 2.37. The molecule has 1 aromatic heterocycles. The van der Waals surface area contributed by atoms with Gasteiger partial charge in [-0.3, -0.25) is 4.79 Å². The molecule has 0 aliphatic carbocycles. The zero-order valence-corrected chi connectivity index (χ0v) is 11.0. The summed E-state index contributed by atoms with van der Waals surface area (Å²) in [5.74, 6) is -0.650. The predicted molar refractivity (Wildman–Crippen MR) is 68.3 cm³/mol. The van der Waals surface area contributed by atoms with E-state index in [4.69, 9.17) is 21.4 Å². The summed E-state index contributed by atoms with van der Waals surface area (Å²) in [6.07, 6.45) is 1.41. The fraction of sp³-hybridized carbons (Fsp3) is 0.364. The molecule has 7 nitrogen and oxygen atoms in total. The maximum absolute atomic E-state index is 11.3. The first-order valence-corrected chi connectivity index (χ1v) is 5.82. The Hall–Kier alpha value is -2.02. The van der Waals surface area contributed by atoms with Gasteiger partial charge < -0.3 is 20.5 Å². The number of carboxylic acids is 1. The summed E-state index contributed by atoms with van der Waals surface area (Å²) < 4.78 is 4.90. The lowest BCUT2D eigenvalue weighted by molar-refractivity contribution is -0.136. The summed E-state index contributed by atoms with van der Waals surface area (Å²) in [6.45, 7) is 0.304. The Bertz CT molecular complexity index is 467. The Kier molecular flexibility index (Phi) is 5.87. The number of hydrogen-bond acceptors (Lipinski definition) is 4. The van der Waals surface area contributed by atoms with Crippen molar-refractivity contribution >= 4 is 23.6 Å². The summed E-state index contributed by atoms with van der Waals surface area (Å²) in [4.78, 5) is 25.5. The molecule has 1 heterocycles. The number of nitrogens with one attached hydrogen (secondary N) is 2. The van der Waals surface area contributed by atoms with Crippen molar-refractivity contribution in [2.24, 2.45) is 0 Å². The second kappa shape index (κ2) is 7.42. The topological polar surface area (TPSA) is 101 Å². The molecule has 0 aliphatic heterocycles. The zero-order valence-electron chi connectivity index (χ0n) is 10.3. The van der Waals surface area contributed by atoms with Crippen molar-refractivity contribution < 1.29 is 19.4 Å². The normalized spacial score (nSPS) is 9.79. The van der Waals surface area contributed by atoms with E-state index in [9.17, 15) is 9.59 Å². The van der Waals surface area contributed by atoms with Gasteiger partial charge in [-0.25, -0.2) is 9.78 Å². The van der Waals surface area contributed by atoms with Crippen LogP contribution in [0, 0.1) is 0 Å². The fourth-order valence-electron chi connectivity index (χ4n) is 1.24. The van der Waals surface area contributed by atoms with Gasteiger partial charge in [-0.1, -0.05) is 11.6 Å². The maximum Gasteiger partial charge on any atom is 0.315 e. The van der Waals surface area contributed by atoms with Gasteiger partial charge in [0, 0.05) is 19.3 Å². The number of pyridine rings is 1. The summed E-state index contributed by atoms with van der Waals surface area (Å²) in [6, 6.07) is 1.18. The molecular formula is C11H14ClN3O4. The van der Waals surface area contributed by atoms with E-state index in [-0.39, 0.29) is 19.5 Å². The van der Waals surface area contributed by atoms with Crippen LogP contribution in [0.15, 0.2) is 12.3 Å². The fourth-order valence-corrected chi connectivity index (χ4v) is 1.51. The zero-order chi connectivity index (χ0) is 14.3. The number of rotatable bonds is 6. The first-order valence-electron chi connectivity index (χ1n) is 5.45. The molecule has 3 N–H and O–H groups in total. The van der Waals surface area contributed by atoms with Crippen LogP contribution in [-0.4, -0.2) is 35.7 Å². The number of methoxy groups -OCH3 is 1. The number of carbonyl (C=O) groups is 2. The van der Waals surface area contributed by atoms with Crippen LogP contribution in [0.1, 0.15) is 12.0 Å². The Labute approximate surface area is 114 Å². The SMILES string of the molecule is COc1ncc(CNC(=O)NCCC(=O)O)cc1Cl. The van der Waals surface area contributed by atoms with Gasteiger partial charge >= 0.3 is 12.0 Å². The third kappa shape index (κ3) is 5.43. The largest absolute Gasteiger partial charge is 0.481 e. The van der Waals surface area contributed by atoms with Gasteiger partial charge in [0.2, 0.25) is 5.88 Å². The molecule has 0 unspecified atom stereocenters. The van der Waals surface area contributed by atoms with Crippen LogP contribution in [0.5, 0.6) is 5.88 Å².